The summed E-state index contributed by atoms with van der Waals surface area (Å²) in [6, 6.07) is 5.26. The lowest BCUT2D eigenvalue weighted by molar-refractivity contribution is -0.184. The zero-order chi connectivity index (χ0) is 14.0. The van der Waals surface area contributed by atoms with Crippen LogP contribution in [0.3, 0.4) is 0 Å². The standard InChI is InChI=1S/C11H10F3N3O2/c1-7-3-2-4-9-15-8(5-17(7)9)10(18)16-19-6-11(12,13)14/h2-5H,6H2,1H3,(H,16,18). The Morgan fingerprint density at radius 3 is 2.84 bits per heavy atom. The van der Waals surface area contributed by atoms with E-state index in [1.54, 1.807) is 22.0 Å². The number of hydroxylamine groups is 1. The molecule has 1 amide bonds. The molecule has 0 saturated heterocycles. The second-order valence-electron chi connectivity index (χ2n) is 3.86. The number of hydrogen-bond acceptors (Lipinski definition) is 3. The van der Waals surface area contributed by atoms with Crippen molar-refractivity contribution in [3.63, 3.8) is 0 Å². The number of carbonyl (C=O) groups excluding carboxylic acids is 1. The fraction of sp³-hybridized carbons (Fsp3) is 0.273. The van der Waals surface area contributed by atoms with E-state index in [1.165, 1.54) is 6.20 Å². The number of aryl methyl sites for hydroxylation is 1. The van der Waals surface area contributed by atoms with Crippen molar-refractivity contribution < 1.29 is 22.8 Å². The van der Waals surface area contributed by atoms with Crippen LogP contribution in [0.5, 0.6) is 0 Å². The Kier molecular flexibility index (Phi) is 3.43. The minimum atomic E-state index is -4.50. The van der Waals surface area contributed by atoms with E-state index in [2.05, 4.69) is 9.82 Å². The number of nitrogens with one attached hydrogen (secondary N) is 1. The molecule has 0 aliphatic rings. The maximum atomic E-state index is 11.8. The lowest BCUT2D eigenvalue weighted by Gasteiger charge is -2.06. The van der Waals surface area contributed by atoms with Crippen LogP contribution in [0.15, 0.2) is 24.4 Å². The topological polar surface area (TPSA) is 55.6 Å². The molecule has 2 rings (SSSR count). The minimum Gasteiger partial charge on any atom is -0.304 e. The van der Waals surface area contributed by atoms with Gasteiger partial charge in [0, 0.05) is 11.9 Å². The zero-order valence-corrected chi connectivity index (χ0v) is 9.86. The molecule has 2 heterocycles. The van der Waals surface area contributed by atoms with Crippen LogP contribution in [0, 0.1) is 6.92 Å². The van der Waals surface area contributed by atoms with Crippen LogP contribution >= 0.6 is 0 Å². The molecular formula is C11H10F3N3O2. The number of aromatic nitrogens is 2. The van der Waals surface area contributed by atoms with Gasteiger partial charge in [-0.25, -0.2) is 10.5 Å². The van der Waals surface area contributed by atoms with E-state index >= 15 is 0 Å². The molecule has 0 aromatic carbocycles. The molecule has 8 heteroatoms. The van der Waals surface area contributed by atoms with Crippen LogP contribution in [-0.2, 0) is 4.84 Å². The van der Waals surface area contributed by atoms with Crippen molar-refractivity contribution in [2.24, 2.45) is 0 Å². The Hall–Kier alpha value is -2.09. The molecule has 0 atom stereocenters. The first kappa shape index (κ1) is 13.3. The van der Waals surface area contributed by atoms with E-state index < -0.39 is 18.7 Å². The number of alkyl halides is 3. The van der Waals surface area contributed by atoms with Crippen LogP contribution in [0.2, 0.25) is 0 Å². The summed E-state index contributed by atoms with van der Waals surface area (Å²) in [5.74, 6) is -0.827. The van der Waals surface area contributed by atoms with Crippen LogP contribution in [0.1, 0.15) is 16.2 Å². The highest BCUT2D eigenvalue weighted by Crippen LogP contribution is 2.14. The van der Waals surface area contributed by atoms with Gasteiger partial charge in [-0.1, -0.05) is 6.07 Å². The van der Waals surface area contributed by atoms with Crippen molar-refractivity contribution in [3.05, 3.63) is 35.8 Å². The van der Waals surface area contributed by atoms with Crippen molar-refractivity contribution in [1.82, 2.24) is 14.9 Å². The van der Waals surface area contributed by atoms with E-state index in [0.29, 0.717) is 5.65 Å². The van der Waals surface area contributed by atoms with E-state index in [4.69, 9.17) is 0 Å². The number of amides is 1. The molecule has 5 nitrogen and oxygen atoms in total. The highest BCUT2D eigenvalue weighted by Gasteiger charge is 2.28. The summed E-state index contributed by atoms with van der Waals surface area (Å²) in [6.07, 6.45) is -3.07. The predicted octanol–water partition coefficient (Wildman–Crippen LogP) is 1.87. The SMILES string of the molecule is Cc1cccc2nc(C(=O)NOCC(F)(F)F)cn12. The fourth-order valence-corrected chi connectivity index (χ4v) is 1.49. The Morgan fingerprint density at radius 2 is 2.21 bits per heavy atom. The van der Waals surface area contributed by atoms with E-state index in [9.17, 15) is 18.0 Å². The number of imidazole rings is 1. The first-order chi connectivity index (χ1) is 8.87. The summed E-state index contributed by atoms with van der Waals surface area (Å²) in [4.78, 5) is 19.6. The number of pyridine rings is 1. The van der Waals surface area contributed by atoms with Gasteiger partial charge in [0.15, 0.2) is 6.61 Å². The first-order valence-corrected chi connectivity index (χ1v) is 5.30. The number of carbonyl (C=O) groups is 1. The van der Waals surface area contributed by atoms with Gasteiger partial charge < -0.3 is 4.40 Å². The van der Waals surface area contributed by atoms with Gasteiger partial charge in [-0.15, -0.1) is 0 Å². The smallest absolute Gasteiger partial charge is 0.304 e. The van der Waals surface area contributed by atoms with Crippen LogP contribution in [0.25, 0.3) is 5.65 Å². The summed E-state index contributed by atoms with van der Waals surface area (Å²) in [6.45, 7) is 0.266. The molecule has 19 heavy (non-hydrogen) atoms. The third kappa shape index (κ3) is 3.22. The molecule has 0 unspecified atom stereocenters. The van der Waals surface area contributed by atoms with Gasteiger partial charge in [0.2, 0.25) is 0 Å². The van der Waals surface area contributed by atoms with Crippen molar-refractivity contribution >= 4 is 11.6 Å². The van der Waals surface area contributed by atoms with Gasteiger partial charge in [0.25, 0.3) is 5.91 Å². The molecule has 0 radical (unpaired) electrons. The highest BCUT2D eigenvalue weighted by atomic mass is 19.4. The molecule has 0 aliphatic carbocycles. The minimum absolute atomic E-state index is 0.0172. The normalized spacial score (nSPS) is 11.8. The number of fused-ring (bicyclic) bond motifs is 1. The molecule has 2 aromatic heterocycles. The molecule has 2 aromatic rings. The van der Waals surface area contributed by atoms with Crippen molar-refractivity contribution in [2.45, 2.75) is 13.1 Å². The van der Waals surface area contributed by atoms with Gasteiger partial charge in [-0.05, 0) is 19.1 Å². The molecule has 1 N–H and O–H groups in total. The highest BCUT2D eigenvalue weighted by molar-refractivity contribution is 5.92. The summed E-state index contributed by atoms with van der Waals surface area (Å²) >= 11 is 0. The quantitative estimate of drug-likeness (QED) is 0.868. The Labute approximate surface area is 106 Å². The van der Waals surface area contributed by atoms with Crippen molar-refractivity contribution in [3.8, 4) is 0 Å². The van der Waals surface area contributed by atoms with E-state index in [-0.39, 0.29) is 5.69 Å². The monoisotopic (exact) mass is 273 g/mol. The molecule has 102 valence electrons. The molecule has 0 spiro atoms. The summed E-state index contributed by atoms with van der Waals surface area (Å²) in [5.41, 5.74) is 3.06. The lowest BCUT2D eigenvalue weighted by atomic mass is 10.4. The maximum Gasteiger partial charge on any atom is 0.414 e. The Morgan fingerprint density at radius 1 is 1.47 bits per heavy atom. The Balaban J connectivity index is 2.08. The molecule has 0 aliphatic heterocycles. The molecule has 0 saturated carbocycles. The molecular weight excluding hydrogens is 263 g/mol. The van der Waals surface area contributed by atoms with Crippen LogP contribution < -0.4 is 5.48 Å². The Bertz CT molecular complexity index is 607. The number of hydrogen-bond donors (Lipinski definition) is 1. The fourth-order valence-electron chi connectivity index (χ4n) is 1.49. The average molecular weight is 273 g/mol. The second-order valence-corrected chi connectivity index (χ2v) is 3.86. The number of nitrogens with zero attached hydrogens (tertiary/aromatic N) is 2. The summed E-state index contributed by atoms with van der Waals surface area (Å²) in [5, 5.41) is 0. The first-order valence-electron chi connectivity index (χ1n) is 5.30. The van der Waals surface area contributed by atoms with Crippen molar-refractivity contribution in [1.29, 1.82) is 0 Å². The molecule has 0 bridgehead atoms. The largest absolute Gasteiger partial charge is 0.414 e. The van der Waals surface area contributed by atoms with E-state index in [1.807, 2.05) is 13.0 Å². The summed E-state index contributed by atoms with van der Waals surface area (Å²) in [7, 11) is 0. The van der Waals surface area contributed by atoms with Crippen LogP contribution in [0.4, 0.5) is 13.2 Å². The lowest BCUT2D eigenvalue weighted by Crippen LogP contribution is -2.29. The second kappa shape index (κ2) is 4.88. The van der Waals surface area contributed by atoms with Gasteiger partial charge in [0.05, 0.1) is 0 Å². The average Bonchev–Trinajstić information content (AvgIpc) is 2.72. The third-order valence-corrected chi connectivity index (χ3v) is 2.33. The molecule has 0 fully saturated rings. The zero-order valence-electron chi connectivity index (χ0n) is 9.86. The maximum absolute atomic E-state index is 11.8. The third-order valence-electron chi connectivity index (χ3n) is 2.33. The van der Waals surface area contributed by atoms with Gasteiger partial charge >= 0.3 is 6.18 Å². The van der Waals surface area contributed by atoms with Gasteiger partial charge in [-0.3, -0.25) is 9.63 Å². The van der Waals surface area contributed by atoms with E-state index in [0.717, 1.165) is 5.69 Å². The van der Waals surface area contributed by atoms with Crippen molar-refractivity contribution in [2.75, 3.05) is 6.61 Å². The van der Waals surface area contributed by atoms with Gasteiger partial charge in [-0.2, -0.15) is 13.2 Å². The van der Waals surface area contributed by atoms with Gasteiger partial charge in [0.1, 0.15) is 11.3 Å². The summed E-state index contributed by atoms with van der Waals surface area (Å²) < 4.78 is 37.1. The number of halogens is 3. The van der Waals surface area contributed by atoms with Crippen LogP contribution in [-0.4, -0.2) is 28.1 Å². The number of rotatable bonds is 3. The predicted molar refractivity (Wildman–Crippen MR) is 59.4 cm³/mol.